The Morgan fingerprint density at radius 2 is 1.81 bits per heavy atom. The summed E-state index contributed by atoms with van der Waals surface area (Å²) in [6.45, 7) is 3.72. The first-order valence-electron chi connectivity index (χ1n) is 11.3. The number of halogens is 1. The van der Waals surface area contributed by atoms with Gasteiger partial charge in [0.2, 0.25) is 0 Å². The summed E-state index contributed by atoms with van der Waals surface area (Å²) in [7, 11) is 1.31. The van der Waals surface area contributed by atoms with Crippen molar-refractivity contribution in [3.8, 4) is 5.00 Å². The number of thiophene rings is 1. The molecule has 2 N–H and O–H groups in total. The molecule has 37 heavy (non-hydrogen) atoms. The van der Waals surface area contributed by atoms with Gasteiger partial charge in [0.05, 0.1) is 30.7 Å². The average Bonchev–Trinajstić information content (AvgIpc) is 3.45. The van der Waals surface area contributed by atoms with E-state index in [0.717, 1.165) is 5.56 Å². The molecule has 9 nitrogen and oxygen atoms in total. The lowest BCUT2D eigenvalue weighted by Crippen LogP contribution is -2.29. The van der Waals surface area contributed by atoms with E-state index in [1.807, 2.05) is 25.1 Å². The van der Waals surface area contributed by atoms with Crippen molar-refractivity contribution < 1.29 is 19.1 Å². The van der Waals surface area contributed by atoms with Crippen LogP contribution in [0.15, 0.2) is 54.6 Å². The molecule has 190 valence electrons. The molecule has 2 heterocycles. The maximum atomic E-state index is 13.5. The second-order valence-corrected chi connectivity index (χ2v) is 9.69. The molecule has 0 aliphatic heterocycles. The maximum absolute atomic E-state index is 13.5. The van der Waals surface area contributed by atoms with Crippen LogP contribution in [0.2, 0.25) is 5.02 Å². The molecule has 11 heteroatoms. The molecule has 2 amide bonds. The average molecular weight is 538 g/mol. The number of carbonyl (C=O) groups is 3. The van der Waals surface area contributed by atoms with E-state index >= 15 is 0 Å². The summed E-state index contributed by atoms with van der Waals surface area (Å²) in [5, 5.41) is 14.8. The molecule has 4 rings (SSSR count). The Morgan fingerprint density at radius 1 is 1.03 bits per heavy atom. The molecule has 0 unspecified atom stereocenters. The van der Waals surface area contributed by atoms with Gasteiger partial charge >= 0.3 is 12.0 Å². The molecule has 2 aromatic carbocycles. The first-order chi connectivity index (χ1) is 17.8. The van der Waals surface area contributed by atoms with Gasteiger partial charge in [-0.2, -0.15) is 0 Å². The number of ketones is 1. The highest BCUT2D eigenvalue weighted by Crippen LogP contribution is 2.32. The lowest BCUT2D eigenvalue weighted by Gasteiger charge is -2.11. The van der Waals surface area contributed by atoms with Crippen LogP contribution in [-0.2, 0) is 22.5 Å². The van der Waals surface area contributed by atoms with E-state index in [-0.39, 0.29) is 18.7 Å². The van der Waals surface area contributed by atoms with E-state index < -0.39 is 12.0 Å². The highest BCUT2D eigenvalue weighted by Gasteiger charge is 2.25. The number of ether oxygens (including phenoxy) is 1. The van der Waals surface area contributed by atoms with Crippen molar-refractivity contribution in [3.63, 3.8) is 0 Å². The Balaban J connectivity index is 1.65. The van der Waals surface area contributed by atoms with Gasteiger partial charge in [-0.3, -0.25) is 14.2 Å². The topological polar surface area (TPSA) is 115 Å². The minimum Gasteiger partial charge on any atom is -0.469 e. The van der Waals surface area contributed by atoms with E-state index in [9.17, 15) is 14.4 Å². The molecule has 2 aromatic heterocycles. The zero-order valence-electron chi connectivity index (χ0n) is 20.4. The first kappa shape index (κ1) is 26.1. The summed E-state index contributed by atoms with van der Waals surface area (Å²) in [6.07, 6.45) is -0.00236. The van der Waals surface area contributed by atoms with Gasteiger partial charge in [0, 0.05) is 16.1 Å². The number of rotatable bonds is 8. The Morgan fingerprint density at radius 3 is 2.54 bits per heavy atom. The van der Waals surface area contributed by atoms with Gasteiger partial charge < -0.3 is 15.4 Å². The number of aromatic nitrogens is 3. The number of nitrogens with zero attached hydrogens (tertiary/aromatic N) is 3. The van der Waals surface area contributed by atoms with Crippen LogP contribution in [-0.4, -0.2) is 39.7 Å². The van der Waals surface area contributed by atoms with E-state index in [1.54, 1.807) is 47.9 Å². The van der Waals surface area contributed by atoms with Gasteiger partial charge in [0.1, 0.15) is 10.8 Å². The van der Waals surface area contributed by atoms with Gasteiger partial charge in [-0.05, 0) is 49.7 Å². The predicted molar refractivity (Wildman–Crippen MR) is 142 cm³/mol. The largest absolute Gasteiger partial charge is 0.469 e. The van der Waals surface area contributed by atoms with Crippen molar-refractivity contribution >= 4 is 46.4 Å². The number of hydrogen-bond donors (Lipinski definition) is 2. The Kier molecular flexibility index (Phi) is 8.00. The van der Waals surface area contributed by atoms with Crippen LogP contribution in [0.4, 0.5) is 10.5 Å². The second-order valence-electron chi connectivity index (χ2n) is 8.17. The Bertz CT molecular complexity index is 1480. The second kappa shape index (κ2) is 11.4. The summed E-state index contributed by atoms with van der Waals surface area (Å²) in [5.74, 6) is 0.184. The standard InChI is InChI=1S/C26H24ClN5O4S/c1-15-7-6-8-17(11-15)29-26(35)28-14-22-31-30-16(2)32(22)25-20(12-18(37-25)13-23(33)36-3)24(34)19-9-4-5-10-21(19)27/h4-12H,13-14H2,1-3H3,(H2,28,29,35). The lowest BCUT2D eigenvalue weighted by atomic mass is 10.0. The molecule has 0 radical (unpaired) electrons. The molecule has 4 aromatic rings. The van der Waals surface area contributed by atoms with Crippen molar-refractivity contribution in [2.45, 2.75) is 26.8 Å². The molecule has 0 saturated carbocycles. The molecule has 0 saturated heterocycles. The first-order valence-corrected chi connectivity index (χ1v) is 12.5. The molecular formula is C26H24ClN5O4S. The van der Waals surface area contributed by atoms with Crippen molar-refractivity contribution in [3.05, 3.63) is 92.8 Å². The number of benzene rings is 2. The minimum absolute atomic E-state index is 0.00236. The lowest BCUT2D eigenvalue weighted by molar-refractivity contribution is -0.139. The minimum atomic E-state index is -0.431. The van der Waals surface area contributed by atoms with Crippen LogP contribution in [0.3, 0.4) is 0 Å². The monoisotopic (exact) mass is 537 g/mol. The number of amides is 2. The van der Waals surface area contributed by atoms with Crippen LogP contribution in [0.5, 0.6) is 0 Å². The third-order valence-corrected chi connectivity index (χ3v) is 6.90. The number of carbonyl (C=O) groups excluding carboxylic acids is 3. The van der Waals surface area contributed by atoms with E-state index in [2.05, 4.69) is 20.8 Å². The van der Waals surface area contributed by atoms with Crippen molar-refractivity contribution in [1.82, 2.24) is 20.1 Å². The van der Waals surface area contributed by atoms with Gasteiger partial charge in [-0.1, -0.05) is 35.9 Å². The Labute approximate surface area is 222 Å². The molecular weight excluding hydrogens is 514 g/mol. The number of esters is 1. The van der Waals surface area contributed by atoms with Crippen LogP contribution >= 0.6 is 22.9 Å². The highest BCUT2D eigenvalue weighted by atomic mass is 35.5. The van der Waals surface area contributed by atoms with Crippen LogP contribution in [0, 0.1) is 13.8 Å². The van der Waals surface area contributed by atoms with Crippen molar-refractivity contribution in [1.29, 1.82) is 0 Å². The van der Waals surface area contributed by atoms with Crippen LogP contribution in [0.25, 0.3) is 5.00 Å². The van der Waals surface area contributed by atoms with Crippen molar-refractivity contribution in [2.75, 3.05) is 12.4 Å². The number of hydrogen-bond acceptors (Lipinski definition) is 7. The number of aryl methyl sites for hydroxylation is 2. The zero-order valence-corrected chi connectivity index (χ0v) is 21.9. The fraction of sp³-hybridized carbons (Fsp3) is 0.192. The summed E-state index contributed by atoms with van der Waals surface area (Å²) < 4.78 is 6.50. The molecule has 0 bridgehead atoms. The van der Waals surface area contributed by atoms with Crippen molar-refractivity contribution in [2.24, 2.45) is 0 Å². The van der Waals surface area contributed by atoms with Gasteiger partial charge in [-0.15, -0.1) is 21.5 Å². The third-order valence-electron chi connectivity index (χ3n) is 5.45. The number of nitrogens with one attached hydrogen (secondary N) is 2. The van der Waals surface area contributed by atoms with E-state index in [1.165, 1.54) is 18.4 Å². The SMILES string of the molecule is COC(=O)Cc1cc(C(=O)c2ccccc2Cl)c(-n2c(C)nnc2CNC(=O)Nc2cccc(C)c2)s1. The summed E-state index contributed by atoms with van der Waals surface area (Å²) in [6, 6.07) is 15.4. The van der Waals surface area contributed by atoms with Gasteiger partial charge in [0.25, 0.3) is 0 Å². The normalized spacial score (nSPS) is 10.7. The van der Waals surface area contributed by atoms with E-state index in [4.69, 9.17) is 16.3 Å². The van der Waals surface area contributed by atoms with Crippen LogP contribution < -0.4 is 10.6 Å². The van der Waals surface area contributed by atoms with E-state index in [0.29, 0.717) is 43.4 Å². The fourth-order valence-electron chi connectivity index (χ4n) is 3.69. The molecule has 0 fully saturated rings. The molecule has 0 aliphatic carbocycles. The molecule has 0 spiro atoms. The van der Waals surface area contributed by atoms with Gasteiger partial charge in [-0.25, -0.2) is 4.79 Å². The maximum Gasteiger partial charge on any atom is 0.319 e. The molecule has 0 atom stereocenters. The number of urea groups is 1. The number of anilines is 1. The third kappa shape index (κ3) is 6.04. The highest BCUT2D eigenvalue weighted by molar-refractivity contribution is 7.15. The quantitative estimate of drug-likeness (QED) is 0.245. The Hall–Kier alpha value is -4.02. The summed E-state index contributed by atoms with van der Waals surface area (Å²) in [4.78, 5) is 38.6. The zero-order chi connectivity index (χ0) is 26.5. The molecule has 0 aliphatic rings. The number of methoxy groups -OCH3 is 1. The predicted octanol–water partition coefficient (Wildman–Crippen LogP) is 4.87. The van der Waals surface area contributed by atoms with Gasteiger partial charge in [0.15, 0.2) is 11.6 Å². The smallest absolute Gasteiger partial charge is 0.319 e. The van der Waals surface area contributed by atoms with Crippen LogP contribution in [0.1, 0.15) is 38.0 Å². The fourth-order valence-corrected chi connectivity index (χ4v) is 5.12. The summed E-state index contributed by atoms with van der Waals surface area (Å²) >= 11 is 7.55. The summed E-state index contributed by atoms with van der Waals surface area (Å²) in [5.41, 5.74) is 2.35.